The van der Waals surface area contributed by atoms with Gasteiger partial charge in [0.15, 0.2) is 0 Å². The molecule has 1 aromatic rings. The van der Waals surface area contributed by atoms with Crippen LogP contribution in [-0.4, -0.2) is 23.5 Å². The van der Waals surface area contributed by atoms with Crippen LogP contribution in [0.5, 0.6) is 0 Å². The molecule has 1 saturated carbocycles. The highest BCUT2D eigenvalue weighted by molar-refractivity contribution is 5.69. The molecule has 88 valence electrons. The quantitative estimate of drug-likeness (QED) is 0.761. The maximum Gasteiger partial charge on any atom is 0.404 e. The summed E-state index contributed by atoms with van der Waals surface area (Å²) in [6, 6.07) is 7.77. The molecule has 0 radical (unpaired) electrons. The Kier molecular flexibility index (Phi) is 2.18. The monoisotopic (exact) mass is 231 g/mol. The van der Waals surface area contributed by atoms with Crippen LogP contribution in [0.4, 0.5) is 4.79 Å². The summed E-state index contributed by atoms with van der Waals surface area (Å²) in [6.45, 7) is 0. The fourth-order valence-electron chi connectivity index (χ4n) is 3.46. The van der Waals surface area contributed by atoms with E-state index in [1.54, 1.807) is 0 Å². The van der Waals surface area contributed by atoms with Crippen molar-refractivity contribution in [1.29, 1.82) is 0 Å². The lowest BCUT2D eigenvalue weighted by Crippen LogP contribution is -2.43. The molecule has 2 aliphatic rings. The second-order valence-corrected chi connectivity index (χ2v) is 4.77. The van der Waals surface area contributed by atoms with Crippen molar-refractivity contribution in [3.63, 3.8) is 0 Å². The fraction of sp³-hybridized carbons (Fsp3) is 0.385. The second kappa shape index (κ2) is 3.58. The maximum absolute atomic E-state index is 11.2. The highest BCUT2D eigenvalue weighted by Gasteiger charge is 2.51. The van der Waals surface area contributed by atoms with Gasteiger partial charge in [0.25, 0.3) is 0 Å². The van der Waals surface area contributed by atoms with E-state index >= 15 is 0 Å². The molecular formula is C13H13NO3. The molecule has 4 heteroatoms. The average molecular weight is 231 g/mol. The predicted molar refractivity (Wildman–Crippen MR) is 61.0 cm³/mol. The Morgan fingerprint density at radius 2 is 1.94 bits per heavy atom. The van der Waals surface area contributed by atoms with Crippen LogP contribution in [0.25, 0.3) is 0 Å². The maximum atomic E-state index is 11.2. The van der Waals surface area contributed by atoms with Crippen LogP contribution < -0.4 is 5.32 Å². The van der Waals surface area contributed by atoms with Crippen molar-refractivity contribution in [1.82, 2.24) is 5.32 Å². The molecule has 2 bridgehead atoms. The molecule has 4 atom stereocenters. The largest absolute Gasteiger partial charge is 0.465 e. The third-order valence-electron chi connectivity index (χ3n) is 4.06. The number of carboxylic acid groups (broad SMARTS) is 1. The fourth-order valence-corrected chi connectivity index (χ4v) is 3.46. The first-order chi connectivity index (χ1) is 8.22. The van der Waals surface area contributed by atoms with E-state index < -0.39 is 6.09 Å². The lowest BCUT2D eigenvalue weighted by atomic mass is 9.81. The van der Waals surface area contributed by atoms with Gasteiger partial charge in [0.2, 0.25) is 0 Å². The number of hydrogen-bond donors (Lipinski definition) is 2. The molecular weight excluding hydrogens is 218 g/mol. The van der Waals surface area contributed by atoms with Crippen molar-refractivity contribution >= 4 is 12.4 Å². The Balaban J connectivity index is 2.01. The van der Waals surface area contributed by atoms with Gasteiger partial charge in [-0.15, -0.1) is 0 Å². The molecule has 1 fully saturated rings. The number of benzene rings is 1. The number of hydrogen-bond acceptors (Lipinski definition) is 2. The third-order valence-corrected chi connectivity index (χ3v) is 4.06. The molecule has 2 aliphatic carbocycles. The smallest absolute Gasteiger partial charge is 0.404 e. The van der Waals surface area contributed by atoms with E-state index in [1.807, 2.05) is 24.3 Å². The molecule has 4 unspecified atom stereocenters. The second-order valence-electron chi connectivity index (χ2n) is 4.77. The topological polar surface area (TPSA) is 66.4 Å². The van der Waals surface area contributed by atoms with Gasteiger partial charge in [0, 0.05) is 17.9 Å². The number of nitrogens with one attached hydrogen (secondary N) is 1. The van der Waals surface area contributed by atoms with Crippen LogP contribution in [0, 0.1) is 5.92 Å². The molecule has 0 saturated heterocycles. The first kappa shape index (κ1) is 10.3. The van der Waals surface area contributed by atoms with Crippen LogP contribution in [0.3, 0.4) is 0 Å². The van der Waals surface area contributed by atoms with Gasteiger partial charge in [0.1, 0.15) is 6.29 Å². The molecule has 2 N–H and O–H groups in total. The molecule has 1 aromatic carbocycles. The van der Waals surface area contributed by atoms with Crippen LogP contribution in [0.1, 0.15) is 29.4 Å². The zero-order chi connectivity index (χ0) is 12.0. The highest BCUT2D eigenvalue weighted by Crippen LogP contribution is 2.55. The number of carbonyl (C=O) groups is 2. The van der Waals surface area contributed by atoms with E-state index in [1.165, 1.54) is 11.1 Å². The number of rotatable bonds is 2. The van der Waals surface area contributed by atoms with E-state index in [2.05, 4.69) is 5.32 Å². The van der Waals surface area contributed by atoms with Crippen molar-refractivity contribution in [2.45, 2.75) is 24.3 Å². The van der Waals surface area contributed by atoms with E-state index in [0.717, 1.165) is 12.7 Å². The van der Waals surface area contributed by atoms with Gasteiger partial charge in [0.05, 0.1) is 0 Å². The summed E-state index contributed by atoms with van der Waals surface area (Å²) < 4.78 is 0. The third kappa shape index (κ3) is 1.37. The Bertz CT molecular complexity index is 485. The van der Waals surface area contributed by atoms with Crippen LogP contribution in [0.2, 0.25) is 0 Å². The molecule has 0 spiro atoms. The first-order valence-electron chi connectivity index (χ1n) is 5.76. The molecule has 1 amide bonds. The Labute approximate surface area is 98.6 Å². The Morgan fingerprint density at radius 1 is 1.29 bits per heavy atom. The zero-order valence-electron chi connectivity index (χ0n) is 9.17. The van der Waals surface area contributed by atoms with Crippen LogP contribution in [-0.2, 0) is 4.79 Å². The number of aldehydes is 1. The summed E-state index contributed by atoms with van der Waals surface area (Å²) in [6.07, 6.45) is 0.737. The van der Waals surface area contributed by atoms with Gasteiger partial charge in [-0.2, -0.15) is 0 Å². The van der Waals surface area contributed by atoms with Gasteiger partial charge in [-0.05, 0) is 23.5 Å². The highest BCUT2D eigenvalue weighted by atomic mass is 16.4. The number of fused-ring (bicyclic) bond motifs is 5. The molecule has 0 aromatic heterocycles. The summed E-state index contributed by atoms with van der Waals surface area (Å²) >= 11 is 0. The minimum atomic E-state index is -1.05. The summed E-state index contributed by atoms with van der Waals surface area (Å²) in [4.78, 5) is 21.9. The normalized spacial score (nSPS) is 33.2. The first-order valence-corrected chi connectivity index (χ1v) is 5.76. The van der Waals surface area contributed by atoms with E-state index in [0.29, 0.717) is 0 Å². The number of carbonyl (C=O) groups excluding carboxylic acids is 1. The van der Waals surface area contributed by atoms with Crippen molar-refractivity contribution in [3.8, 4) is 0 Å². The standard InChI is InChI=1S/C13H13NO3/c15-6-11-9-5-10(12(11)14-13(16)17)8-4-2-1-3-7(8)9/h1-4,6,9-12,14H,5H2,(H,16,17). The van der Waals surface area contributed by atoms with Gasteiger partial charge in [-0.25, -0.2) is 4.79 Å². The minimum absolute atomic E-state index is 0.155. The summed E-state index contributed by atoms with van der Waals surface area (Å²) in [5.74, 6) is 0.124. The summed E-state index contributed by atoms with van der Waals surface area (Å²) in [5, 5.41) is 11.3. The lowest BCUT2D eigenvalue weighted by Gasteiger charge is -2.29. The van der Waals surface area contributed by atoms with Crippen LogP contribution in [0.15, 0.2) is 24.3 Å². The summed E-state index contributed by atoms with van der Waals surface area (Å²) in [7, 11) is 0. The van der Waals surface area contributed by atoms with Gasteiger partial charge in [-0.1, -0.05) is 24.3 Å². The summed E-state index contributed by atoms with van der Waals surface area (Å²) in [5.41, 5.74) is 2.42. The Hall–Kier alpha value is -1.84. The Morgan fingerprint density at radius 3 is 2.53 bits per heavy atom. The minimum Gasteiger partial charge on any atom is -0.465 e. The van der Waals surface area contributed by atoms with Crippen molar-refractivity contribution < 1.29 is 14.7 Å². The van der Waals surface area contributed by atoms with Crippen molar-refractivity contribution in [2.24, 2.45) is 5.92 Å². The van der Waals surface area contributed by atoms with Gasteiger partial charge in [-0.3, -0.25) is 0 Å². The SMILES string of the molecule is O=CC1C2CC(c3ccccc32)C1NC(=O)O. The van der Waals surface area contributed by atoms with Crippen molar-refractivity contribution in [3.05, 3.63) is 35.4 Å². The van der Waals surface area contributed by atoms with E-state index in [4.69, 9.17) is 5.11 Å². The van der Waals surface area contributed by atoms with Crippen molar-refractivity contribution in [2.75, 3.05) is 0 Å². The molecule has 17 heavy (non-hydrogen) atoms. The van der Waals surface area contributed by atoms with Gasteiger partial charge >= 0.3 is 6.09 Å². The average Bonchev–Trinajstić information content (AvgIpc) is 2.84. The van der Waals surface area contributed by atoms with E-state index in [-0.39, 0.29) is 23.8 Å². The molecule has 3 rings (SSSR count). The molecule has 4 nitrogen and oxygen atoms in total. The molecule has 0 heterocycles. The molecule has 0 aliphatic heterocycles. The van der Waals surface area contributed by atoms with Gasteiger partial charge < -0.3 is 15.2 Å². The van der Waals surface area contributed by atoms with Crippen LogP contribution >= 0.6 is 0 Å². The predicted octanol–water partition coefficient (Wildman–Crippen LogP) is 1.72. The van der Waals surface area contributed by atoms with E-state index in [9.17, 15) is 9.59 Å². The number of amides is 1. The zero-order valence-corrected chi connectivity index (χ0v) is 9.17. The lowest BCUT2D eigenvalue weighted by molar-refractivity contribution is -0.111.